The van der Waals surface area contributed by atoms with Crippen molar-refractivity contribution in [2.24, 2.45) is 0 Å². The topological polar surface area (TPSA) is 72.7 Å². The van der Waals surface area contributed by atoms with Crippen LogP contribution in [0, 0.1) is 0 Å². The number of amides is 1. The Morgan fingerprint density at radius 1 is 1.21 bits per heavy atom. The Morgan fingerprint density at radius 3 is 2.68 bits per heavy atom. The van der Waals surface area contributed by atoms with Gasteiger partial charge < -0.3 is 5.32 Å². The van der Waals surface area contributed by atoms with Crippen LogP contribution < -0.4 is 5.32 Å². The third kappa shape index (κ3) is 4.66. The first-order valence-corrected chi connectivity index (χ1v) is 8.61. The summed E-state index contributed by atoms with van der Waals surface area (Å²) >= 11 is 6.11. The van der Waals surface area contributed by atoms with Crippen LogP contribution in [0.15, 0.2) is 48.5 Å². The van der Waals surface area contributed by atoms with Crippen molar-refractivity contribution in [3.63, 3.8) is 0 Å². The normalized spacial score (nSPS) is 12.6. The van der Waals surface area contributed by atoms with Gasteiger partial charge in [0, 0.05) is 10.6 Å². The molecule has 2 aromatic carbocycles. The lowest BCUT2D eigenvalue weighted by molar-refractivity contribution is -0.137. The van der Waals surface area contributed by atoms with E-state index in [9.17, 15) is 18.0 Å². The number of halogens is 4. The van der Waals surface area contributed by atoms with Gasteiger partial charge in [-0.05, 0) is 35.9 Å². The van der Waals surface area contributed by atoms with Gasteiger partial charge in [0.2, 0.25) is 11.7 Å². The summed E-state index contributed by atoms with van der Waals surface area (Å²) in [6.07, 6.45) is -4.47. The third-order valence-corrected chi connectivity index (χ3v) is 4.28. The van der Waals surface area contributed by atoms with E-state index in [4.69, 9.17) is 11.6 Å². The van der Waals surface area contributed by atoms with E-state index in [-0.39, 0.29) is 29.9 Å². The van der Waals surface area contributed by atoms with Crippen LogP contribution in [0.1, 0.15) is 24.1 Å². The zero-order chi connectivity index (χ0) is 20.3. The fraction of sp³-hybridized carbons (Fsp3) is 0.222. The Hall–Kier alpha value is -2.94. The molecule has 0 spiro atoms. The van der Waals surface area contributed by atoms with Crippen LogP contribution in [-0.4, -0.2) is 26.1 Å². The molecule has 0 saturated heterocycles. The number of nitrogens with zero attached hydrogens (tertiary/aromatic N) is 4. The van der Waals surface area contributed by atoms with Gasteiger partial charge >= 0.3 is 6.18 Å². The second-order valence-corrected chi connectivity index (χ2v) is 6.44. The molecule has 0 aliphatic heterocycles. The van der Waals surface area contributed by atoms with Crippen LogP contribution in [0.3, 0.4) is 0 Å². The first kappa shape index (κ1) is 19.8. The zero-order valence-corrected chi connectivity index (χ0v) is 15.4. The largest absolute Gasteiger partial charge is 0.416 e. The van der Waals surface area contributed by atoms with E-state index < -0.39 is 11.7 Å². The molecule has 0 aliphatic carbocycles. The Balaban J connectivity index is 1.68. The SMILES string of the molecule is C[C@@H](NC(=O)Cn1nnc(-c2cccc(C(F)(F)F)c2)n1)c1ccccc1Cl. The molecule has 3 aromatic rings. The quantitative estimate of drug-likeness (QED) is 0.694. The predicted molar refractivity (Wildman–Crippen MR) is 96.3 cm³/mol. The number of hydrogen-bond donors (Lipinski definition) is 1. The minimum absolute atomic E-state index is 0.00180. The summed E-state index contributed by atoms with van der Waals surface area (Å²) in [7, 11) is 0. The van der Waals surface area contributed by atoms with Gasteiger partial charge in [0.25, 0.3) is 0 Å². The average molecular weight is 410 g/mol. The molecule has 0 fully saturated rings. The third-order valence-electron chi connectivity index (χ3n) is 3.94. The molecule has 1 N–H and O–H groups in total. The van der Waals surface area contributed by atoms with E-state index in [0.717, 1.165) is 22.5 Å². The van der Waals surface area contributed by atoms with Gasteiger partial charge in [0.1, 0.15) is 6.54 Å². The van der Waals surface area contributed by atoms with Crippen molar-refractivity contribution in [2.75, 3.05) is 0 Å². The van der Waals surface area contributed by atoms with Crippen molar-refractivity contribution < 1.29 is 18.0 Å². The first-order valence-electron chi connectivity index (χ1n) is 8.23. The number of tetrazole rings is 1. The number of nitrogens with one attached hydrogen (secondary N) is 1. The molecule has 1 heterocycles. The van der Waals surface area contributed by atoms with Gasteiger partial charge in [-0.15, -0.1) is 10.2 Å². The highest BCUT2D eigenvalue weighted by atomic mass is 35.5. The molecule has 0 bridgehead atoms. The van der Waals surface area contributed by atoms with Crippen LogP contribution in [0.5, 0.6) is 0 Å². The number of benzene rings is 2. The van der Waals surface area contributed by atoms with Crippen molar-refractivity contribution in [3.05, 3.63) is 64.7 Å². The van der Waals surface area contributed by atoms with Gasteiger partial charge in [0.05, 0.1) is 11.6 Å². The second kappa shape index (κ2) is 7.97. The molecule has 1 atom stereocenters. The van der Waals surface area contributed by atoms with E-state index in [1.807, 2.05) is 6.07 Å². The fourth-order valence-corrected chi connectivity index (χ4v) is 2.88. The number of alkyl halides is 3. The standard InChI is InChI=1S/C18H15ClF3N5O/c1-11(14-7-2-3-8-15(14)19)23-16(28)10-27-25-17(24-26-27)12-5-4-6-13(9-12)18(20,21)22/h2-9,11H,10H2,1H3,(H,23,28)/t11-/m1/s1. The summed E-state index contributed by atoms with van der Waals surface area (Å²) in [5.74, 6) is -0.390. The molecule has 3 rings (SSSR count). The van der Waals surface area contributed by atoms with E-state index in [0.29, 0.717) is 5.02 Å². The van der Waals surface area contributed by atoms with Gasteiger partial charge in [-0.25, -0.2) is 0 Å². The highest BCUT2D eigenvalue weighted by molar-refractivity contribution is 6.31. The lowest BCUT2D eigenvalue weighted by Crippen LogP contribution is -2.31. The highest BCUT2D eigenvalue weighted by Gasteiger charge is 2.30. The van der Waals surface area contributed by atoms with Crippen LogP contribution in [-0.2, 0) is 17.5 Å². The summed E-state index contributed by atoms with van der Waals surface area (Å²) in [4.78, 5) is 13.2. The van der Waals surface area contributed by atoms with Gasteiger partial charge in [-0.3, -0.25) is 4.79 Å². The molecule has 0 saturated carbocycles. The summed E-state index contributed by atoms with van der Waals surface area (Å²) in [5.41, 5.74) is 0.104. The van der Waals surface area contributed by atoms with Crippen LogP contribution >= 0.6 is 11.6 Å². The molecular weight excluding hydrogens is 395 g/mol. The number of rotatable bonds is 5. The summed E-state index contributed by atoms with van der Waals surface area (Å²) in [5, 5.41) is 14.7. The molecule has 10 heteroatoms. The van der Waals surface area contributed by atoms with E-state index in [2.05, 4.69) is 20.7 Å². The molecule has 0 unspecified atom stereocenters. The number of hydrogen-bond acceptors (Lipinski definition) is 4. The molecule has 1 aromatic heterocycles. The Bertz CT molecular complexity index is 989. The lowest BCUT2D eigenvalue weighted by atomic mass is 10.1. The van der Waals surface area contributed by atoms with Crippen LogP contribution in [0.2, 0.25) is 5.02 Å². The summed E-state index contributed by atoms with van der Waals surface area (Å²) in [6, 6.07) is 11.4. The maximum absolute atomic E-state index is 12.8. The first-order chi connectivity index (χ1) is 13.2. The number of aromatic nitrogens is 4. The van der Waals surface area contributed by atoms with E-state index in [1.165, 1.54) is 12.1 Å². The number of carbonyl (C=O) groups is 1. The maximum Gasteiger partial charge on any atom is 0.416 e. The molecular formula is C18H15ClF3N5O. The van der Waals surface area contributed by atoms with E-state index in [1.54, 1.807) is 25.1 Å². The molecule has 28 heavy (non-hydrogen) atoms. The monoisotopic (exact) mass is 409 g/mol. The molecule has 146 valence electrons. The number of carbonyl (C=O) groups excluding carboxylic acids is 1. The Labute approximate surface area is 163 Å². The van der Waals surface area contributed by atoms with Crippen molar-refractivity contribution in [1.82, 2.24) is 25.5 Å². The lowest BCUT2D eigenvalue weighted by Gasteiger charge is -2.15. The predicted octanol–water partition coefficient (Wildman–Crippen LogP) is 3.89. The Kier molecular flexibility index (Phi) is 5.64. The summed E-state index contributed by atoms with van der Waals surface area (Å²) in [6.45, 7) is 1.54. The highest BCUT2D eigenvalue weighted by Crippen LogP contribution is 2.31. The second-order valence-electron chi connectivity index (χ2n) is 6.03. The fourth-order valence-electron chi connectivity index (χ4n) is 2.58. The van der Waals surface area contributed by atoms with Crippen molar-refractivity contribution >= 4 is 17.5 Å². The molecule has 0 aliphatic rings. The Morgan fingerprint density at radius 2 is 1.96 bits per heavy atom. The van der Waals surface area contributed by atoms with Gasteiger partial charge in [-0.2, -0.15) is 18.0 Å². The average Bonchev–Trinajstić information content (AvgIpc) is 3.09. The van der Waals surface area contributed by atoms with Crippen LogP contribution in [0.25, 0.3) is 11.4 Å². The minimum atomic E-state index is -4.47. The van der Waals surface area contributed by atoms with Crippen molar-refractivity contribution in [1.29, 1.82) is 0 Å². The minimum Gasteiger partial charge on any atom is -0.348 e. The molecule has 1 amide bonds. The van der Waals surface area contributed by atoms with Crippen LogP contribution in [0.4, 0.5) is 13.2 Å². The molecule has 6 nitrogen and oxygen atoms in total. The van der Waals surface area contributed by atoms with Crippen molar-refractivity contribution in [3.8, 4) is 11.4 Å². The maximum atomic E-state index is 12.8. The smallest absolute Gasteiger partial charge is 0.348 e. The van der Waals surface area contributed by atoms with Gasteiger partial charge in [-0.1, -0.05) is 41.9 Å². The van der Waals surface area contributed by atoms with Gasteiger partial charge in [0.15, 0.2) is 0 Å². The van der Waals surface area contributed by atoms with E-state index >= 15 is 0 Å². The van der Waals surface area contributed by atoms with Crippen molar-refractivity contribution in [2.45, 2.75) is 25.7 Å². The summed E-state index contributed by atoms with van der Waals surface area (Å²) < 4.78 is 38.5. The zero-order valence-electron chi connectivity index (χ0n) is 14.6. The molecule has 0 radical (unpaired) electrons.